The van der Waals surface area contributed by atoms with Gasteiger partial charge in [0.1, 0.15) is 0 Å². The van der Waals surface area contributed by atoms with E-state index in [1.807, 2.05) is 0 Å². The van der Waals surface area contributed by atoms with Gasteiger partial charge in [-0.15, -0.1) is 0 Å². The molecule has 0 nitrogen and oxygen atoms in total. The molecule has 0 bridgehead atoms. The molecule has 0 aromatic heterocycles. The van der Waals surface area contributed by atoms with Crippen LogP contribution in [0.4, 0.5) is 0 Å². The maximum atomic E-state index is 2.55. The van der Waals surface area contributed by atoms with Gasteiger partial charge in [-0.05, 0) is 0 Å². The predicted molar refractivity (Wildman–Crippen MR) is 65.5 cm³/mol. The molecule has 0 N–H and O–H groups in total. The fraction of sp³-hybridized carbons (Fsp3) is 1.00. The third-order valence-corrected chi connectivity index (χ3v) is 12.7. The molecule has 0 aliphatic carbocycles. The van der Waals surface area contributed by atoms with Crippen LogP contribution in [0.15, 0.2) is 0 Å². The summed E-state index contributed by atoms with van der Waals surface area (Å²) < 4.78 is 3.22. The Balaban J connectivity index is 3.35. The Morgan fingerprint density at radius 2 is 0.833 bits per heavy atom. The van der Waals surface area contributed by atoms with Crippen LogP contribution in [-0.4, -0.2) is 36.8 Å². The molecule has 0 aromatic carbocycles. The van der Waals surface area contributed by atoms with E-state index in [2.05, 4.69) is 29.6 Å². The zero-order valence-corrected chi connectivity index (χ0v) is 15.5. The molecule has 0 saturated heterocycles. The van der Waals surface area contributed by atoms with Gasteiger partial charge in [0.05, 0.1) is 0 Å². The normalized spacial score (nSPS) is 13.5. The van der Waals surface area contributed by atoms with E-state index < -0.39 is 36.8 Å². The second kappa shape index (κ2) is 5.47. The Labute approximate surface area is 87.3 Å². The molecule has 0 amide bonds. The van der Waals surface area contributed by atoms with E-state index in [0.717, 1.165) is 0 Å². The summed E-state index contributed by atoms with van der Waals surface area (Å²) in [7, 11) is 0. The SMILES string of the molecule is [CH3][Sn]([CH3])([CH3])[CH2]CC[CH2][Sn]([CH3])([CH3])[CH3]. The zero-order chi connectivity index (χ0) is 9.83. The van der Waals surface area contributed by atoms with Crippen molar-refractivity contribution in [2.75, 3.05) is 0 Å². The predicted octanol–water partition coefficient (Wildman–Crippen LogP) is 4.44. The Morgan fingerprint density at radius 1 is 0.583 bits per heavy atom. The van der Waals surface area contributed by atoms with E-state index in [1.54, 1.807) is 8.87 Å². The van der Waals surface area contributed by atoms with Crippen LogP contribution in [0.3, 0.4) is 0 Å². The standard InChI is InChI=1S/C4H8.6CH3.2Sn/c1-3-4-2;;;;;;;;/h1-4H2;6*1H3;;. The number of rotatable bonds is 5. The molecule has 0 saturated carbocycles. The molecule has 74 valence electrons. The van der Waals surface area contributed by atoms with Gasteiger partial charge in [-0.25, -0.2) is 0 Å². The van der Waals surface area contributed by atoms with Crippen molar-refractivity contribution in [3.8, 4) is 0 Å². The fourth-order valence-electron chi connectivity index (χ4n) is 1.31. The summed E-state index contributed by atoms with van der Waals surface area (Å²) in [6, 6.07) is 0. The summed E-state index contributed by atoms with van der Waals surface area (Å²) in [4.78, 5) is 15.3. The van der Waals surface area contributed by atoms with E-state index in [9.17, 15) is 0 Å². The molecule has 0 heterocycles. The number of unbranched alkanes of at least 4 members (excludes halogenated alkanes) is 1. The van der Waals surface area contributed by atoms with Gasteiger partial charge in [-0.1, -0.05) is 0 Å². The topological polar surface area (TPSA) is 0 Å². The number of hydrogen-bond acceptors (Lipinski definition) is 0. The van der Waals surface area contributed by atoms with Crippen molar-refractivity contribution in [3.05, 3.63) is 0 Å². The monoisotopic (exact) mass is 386 g/mol. The zero-order valence-electron chi connectivity index (χ0n) is 9.83. The van der Waals surface area contributed by atoms with Crippen LogP contribution in [-0.2, 0) is 0 Å². The minimum atomic E-state index is -1.39. The fourth-order valence-corrected chi connectivity index (χ4v) is 8.79. The first-order valence-corrected chi connectivity index (χ1v) is 26.4. The van der Waals surface area contributed by atoms with Gasteiger partial charge in [-0.3, -0.25) is 0 Å². The Morgan fingerprint density at radius 3 is 1.00 bits per heavy atom. The van der Waals surface area contributed by atoms with Crippen LogP contribution in [0.2, 0.25) is 38.5 Å². The average molecular weight is 384 g/mol. The van der Waals surface area contributed by atoms with E-state index in [-0.39, 0.29) is 0 Å². The Bertz CT molecular complexity index is 101. The molecule has 2 heteroatoms. The molecule has 0 radical (unpaired) electrons. The first-order chi connectivity index (χ1) is 5.21. The molecule has 0 fully saturated rings. The van der Waals surface area contributed by atoms with Crippen LogP contribution in [0.1, 0.15) is 12.8 Å². The second-order valence-electron chi connectivity index (χ2n) is 6.33. The van der Waals surface area contributed by atoms with Gasteiger partial charge in [0.25, 0.3) is 0 Å². The van der Waals surface area contributed by atoms with E-state index in [4.69, 9.17) is 0 Å². The molecular formula is C10H26Sn2. The van der Waals surface area contributed by atoms with Gasteiger partial charge >= 0.3 is 88.1 Å². The molecule has 0 aromatic rings. The van der Waals surface area contributed by atoms with Crippen LogP contribution in [0, 0.1) is 0 Å². The average Bonchev–Trinajstić information content (AvgIpc) is 1.76. The summed E-state index contributed by atoms with van der Waals surface area (Å²) in [5.41, 5.74) is 0. The molecular weight excluding hydrogens is 358 g/mol. The first-order valence-electron chi connectivity index (χ1n) is 5.21. The molecule has 0 aliphatic heterocycles. The quantitative estimate of drug-likeness (QED) is 0.486. The van der Waals surface area contributed by atoms with E-state index in [0.29, 0.717) is 0 Å². The van der Waals surface area contributed by atoms with Gasteiger partial charge < -0.3 is 0 Å². The van der Waals surface area contributed by atoms with Crippen LogP contribution in [0.5, 0.6) is 0 Å². The van der Waals surface area contributed by atoms with Crippen molar-refractivity contribution in [3.63, 3.8) is 0 Å². The third-order valence-electron chi connectivity index (χ3n) is 2.10. The van der Waals surface area contributed by atoms with E-state index in [1.165, 1.54) is 12.8 Å². The summed E-state index contributed by atoms with van der Waals surface area (Å²) in [6.45, 7) is 0. The molecule has 0 spiro atoms. The van der Waals surface area contributed by atoms with Crippen molar-refractivity contribution < 1.29 is 0 Å². The van der Waals surface area contributed by atoms with E-state index >= 15 is 0 Å². The molecule has 0 rings (SSSR count). The summed E-state index contributed by atoms with van der Waals surface area (Å²) >= 11 is -2.77. The van der Waals surface area contributed by atoms with Gasteiger partial charge in [0, 0.05) is 0 Å². The minimum absolute atomic E-state index is 1.39. The first kappa shape index (κ1) is 13.6. The molecule has 0 unspecified atom stereocenters. The van der Waals surface area contributed by atoms with Crippen molar-refractivity contribution >= 4 is 36.8 Å². The van der Waals surface area contributed by atoms with Crippen molar-refractivity contribution in [1.29, 1.82) is 0 Å². The van der Waals surface area contributed by atoms with Crippen LogP contribution < -0.4 is 0 Å². The van der Waals surface area contributed by atoms with Gasteiger partial charge in [0.15, 0.2) is 0 Å². The summed E-state index contributed by atoms with van der Waals surface area (Å²) in [5.74, 6) is 0. The second-order valence-corrected chi connectivity index (χ2v) is 38.4. The van der Waals surface area contributed by atoms with Gasteiger partial charge in [0.2, 0.25) is 0 Å². The molecule has 12 heavy (non-hydrogen) atoms. The Hall–Kier alpha value is 1.60. The molecule has 0 atom stereocenters. The van der Waals surface area contributed by atoms with Crippen molar-refractivity contribution in [2.24, 2.45) is 0 Å². The number of hydrogen-bond donors (Lipinski definition) is 0. The Kier molecular flexibility index (Phi) is 6.20. The third kappa shape index (κ3) is 11.6. The van der Waals surface area contributed by atoms with Gasteiger partial charge in [-0.2, -0.15) is 0 Å². The molecule has 0 aliphatic rings. The van der Waals surface area contributed by atoms with Crippen molar-refractivity contribution in [2.45, 2.75) is 51.4 Å². The summed E-state index contributed by atoms with van der Waals surface area (Å²) in [5, 5.41) is 0. The van der Waals surface area contributed by atoms with Crippen molar-refractivity contribution in [1.82, 2.24) is 0 Å². The maximum absolute atomic E-state index is 2.55. The summed E-state index contributed by atoms with van der Waals surface area (Å²) in [6.07, 6.45) is 3.07. The van der Waals surface area contributed by atoms with Crippen LogP contribution >= 0.6 is 0 Å². The van der Waals surface area contributed by atoms with Crippen LogP contribution in [0.25, 0.3) is 0 Å².